The van der Waals surface area contributed by atoms with E-state index in [1.165, 1.54) is 6.07 Å². The summed E-state index contributed by atoms with van der Waals surface area (Å²) in [6, 6.07) is 7.00. The molecule has 21 heavy (non-hydrogen) atoms. The number of hydrogen-bond acceptors (Lipinski definition) is 5. The second kappa shape index (κ2) is 6.72. The molecule has 1 fully saturated rings. The van der Waals surface area contributed by atoms with E-state index in [-0.39, 0.29) is 11.8 Å². The number of aromatic nitrogens is 1. The van der Waals surface area contributed by atoms with Gasteiger partial charge < -0.3 is 10.1 Å². The summed E-state index contributed by atoms with van der Waals surface area (Å²) in [5, 5.41) is 6.31. The minimum atomic E-state index is -2.83. The van der Waals surface area contributed by atoms with Crippen LogP contribution in [0.1, 0.15) is 11.0 Å². The van der Waals surface area contributed by atoms with E-state index in [1.807, 2.05) is 17.1 Å². The maximum absolute atomic E-state index is 12.5. The summed E-state index contributed by atoms with van der Waals surface area (Å²) in [5.74, 6) is 2.26. The third-order valence-electron chi connectivity index (χ3n) is 3.12. The molecule has 1 saturated heterocycles. The number of benzene rings is 1. The van der Waals surface area contributed by atoms with Gasteiger partial charge in [-0.3, -0.25) is 0 Å². The molecule has 3 rings (SSSR count). The molecule has 1 aromatic heterocycles. The van der Waals surface area contributed by atoms with Gasteiger partial charge in [-0.2, -0.15) is 20.5 Å². The minimum absolute atomic E-state index is 0.162. The molecule has 0 bridgehead atoms. The number of nitrogens with zero attached hydrogens (tertiary/aromatic N) is 1. The van der Waals surface area contributed by atoms with Crippen LogP contribution >= 0.6 is 23.1 Å². The van der Waals surface area contributed by atoms with Crippen molar-refractivity contribution < 1.29 is 13.5 Å². The van der Waals surface area contributed by atoms with Crippen LogP contribution in [-0.2, 0) is 0 Å². The minimum Gasteiger partial charge on any atom is -0.434 e. The highest BCUT2D eigenvalue weighted by Gasteiger charge is 2.20. The Morgan fingerprint density at radius 2 is 2.19 bits per heavy atom. The maximum atomic E-state index is 12.5. The summed E-state index contributed by atoms with van der Waals surface area (Å²) in [4.78, 5) is 4.59. The van der Waals surface area contributed by atoms with Crippen LogP contribution in [0.3, 0.4) is 0 Å². The Hall–Kier alpha value is -1.18. The Bertz CT molecular complexity index is 600. The van der Waals surface area contributed by atoms with Crippen LogP contribution in [0.25, 0.3) is 11.3 Å². The van der Waals surface area contributed by atoms with E-state index in [2.05, 4.69) is 15.0 Å². The smallest absolute Gasteiger partial charge is 0.387 e. The van der Waals surface area contributed by atoms with Gasteiger partial charge in [0.1, 0.15) is 10.8 Å². The third kappa shape index (κ3) is 3.53. The van der Waals surface area contributed by atoms with Crippen LogP contribution in [0.15, 0.2) is 29.6 Å². The lowest BCUT2D eigenvalue weighted by molar-refractivity contribution is -0.0494. The van der Waals surface area contributed by atoms with Crippen molar-refractivity contribution in [2.75, 3.05) is 18.1 Å². The highest BCUT2D eigenvalue weighted by molar-refractivity contribution is 7.99. The van der Waals surface area contributed by atoms with E-state index in [0.717, 1.165) is 23.1 Å². The Morgan fingerprint density at radius 1 is 1.33 bits per heavy atom. The van der Waals surface area contributed by atoms with Crippen molar-refractivity contribution >= 4 is 23.1 Å². The van der Waals surface area contributed by atoms with Crippen LogP contribution in [-0.4, -0.2) is 29.6 Å². The lowest BCUT2D eigenvalue weighted by atomic mass is 10.1. The molecule has 2 aromatic rings. The van der Waals surface area contributed by atoms with Crippen molar-refractivity contribution in [2.45, 2.75) is 12.7 Å². The lowest BCUT2D eigenvalue weighted by Gasteiger charge is -2.20. The van der Waals surface area contributed by atoms with Crippen molar-refractivity contribution in [3.63, 3.8) is 0 Å². The average molecular weight is 328 g/mol. The Labute approximate surface area is 129 Å². The molecule has 1 aliphatic rings. The third-order valence-corrected chi connectivity index (χ3v) is 5.14. The number of rotatable bonds is 4. The molecule has 0 saturated carbocycles. The number of para-hydroxylation sites is 1. The molecule has 0 spiro atoms. The number of thioether (sulfide) groups is 1. The van der Waals surface area contributed by atoms with Gasteiger partial charge in [0.2, 0.25) is 0 Å². The molecule has 7 heteroatoms. The molecule has 0 aliphatic carbocycles. The molecular formula is C14H14F2N2OS2. The van der Waals surface area contributed by atoms with E-state index in [9.17, 15) is 8.78 Å². The van der Waals surface area contributed by atoms with Gasteiger partial charge in [0.15, 0.2) is 0 Å². The monoisotopic (exact) mass is 328 g/mol. The molecule has 1 N–H and O–H groups in total. The molecule has 0 radical (unpaired) electrons. The van der Waals surface area contributed by atoms with Crippen molar-refractivity contribution in [1.82, 2.24) is 10.3 Å². The Morgan fingerprint density at radius 3 is 2.95 bits per heavy atom. The molecule has 1 aromatic carbocycles. The first-order chi connectivity index (χ1) is 10.2. The van der Waals surface area contributed by atoms with Gasteiger partial charge in [0, 0.05) is 29.0 Å². The summed E-state index contributed by atoms with van der Waals surface area (Å²) >= 11 is 3.44. The van der Waals surface area contributed by atoms with Crippen LogP contribution < -0.4 is 10.1 Å². The molecule has 112 valence electrons. The highest BCUT2D eigenvalue weighted by atomic mass is 32.2. The highest BCUT2D eigenvalue weighted by Crippen LogP contribution is 2.34. The molecule has 1 atom stereocenters. The number of halogens is 2. The number of ether oxygens (including phenoxy) is 1. The van der Waals surface area contributed by atoms with Crippen LogP contribution in [0, 0.1) is 0 Å². The molecule has 3 nitrogen and oxygen atoms in total. The predicted octanol–water partition coefficient (Wildman–Crippen LogP) is 3.79. The summed E-state index contributed by atoms with van der Waals surface area (Å²) in [6.07, 6.45) is 0. The van der Waals surface area contributed by atoms with Crippen molar-refractivity contribution in [3.05, 3.63) is 34.7 Å². The van der Waals surface area contributed by atoms with Crippen molar-refractivity contribution in [2.24, 2.45) is 0 Å². The standard InChI is InChI=1S/C14H14F2N2OS2/c15-14(16)19-12-4-2-1-3-9(12)10-8-21-13(18-10)11-7-20-6-5-17-11/h1-4,8,11,14,17H,5-7H2. The van der Waals surface area contributed by atoms with Crippen LogP contribution in [0.4, 0.5) is 8.78 Å². The van der Waals surface area contributed by atoms with Crippen LogP contribution in [0.5, 0.6) is 5.75 Å². The van der Waals surface area contributed by atoms with Gasteiger partial charge in [-0.05, 0) is 12.1 Å². The van der Waals surface area contributed by atoms with Crippen molar-refractivity contribution in [3.8, 4) is 17.0 Å². The SMILES string of the molecule is FC(F)Oc1ccccc1-c1csc(C2CSCCN2)n1. The summed E-state index contributed by atoms with van der Waals surface area (Å²) in [5.41, 5.74) is 1.28. The van der Waals surface area contributed by atoms with Crippen LogP contribution in [0.2, 0.25) is 0 Å². The van der Waals surface area contributed by atoms with Gasteiger partial charge in [0.25, 0.3) is 0 Å². The fourth-order valence-corrected chi connectivity index (χ4v) is 4.11. The maximum Gasteiger partial charge on any atom is 0.387 e. The topological polar surface area (TPSA) is 34.1 Å². The number of nitrogens with one attached hydrogen (secondary N) is 1. The molecule has 1 unspecified atom stereocenters. The average Bonchev–Trinajstić information content (AvgIpc) is 2.98. The van der Waals surface area contributed by atoms with E-state index < -0.39 is 6.61 Å². The summed E-state index contributed by atoms with van der Waals surface area (Å²) in [7, 11) is 0. The van der Waals surface area contributed by atoms with E-state index in [0.29, 0.717) is 11.3 Å². The second-order valence-corrected chi connectivity index (χ2v) is 6.57. The fourth-order valence-electron chi connectivity index (χ4n) is 2.17. The zero-order valence-electron chi connectivity index (χ0n) is 11.1. The summed E-state index contributed by atoms with van der Waals surface area (Å²) < 4.78 is 29.5. The molecule has 2 heterocycles. The second-order valence-electron chi connectivity index (χ2n) is 4.53. The van der Waals surface area contributed by atoms with E-state index in [1.54, 1.807) is 29.5 Å². The zero-order chi connectivity index (χ0) is 14.7. The van der Waals surface area contributed by atoms with E-state index in [4.69, 9.17) is 0 Å². The Balaban J connectivity index is 1.85. The van der Waals surface area contributed by atoms with Crippen molar-refractivity contribution in [1.29, 1.82) is 0 Å². The number of thiazole rings is 1. The lowest BCUT2D eigenvalue weighted by Crippen LogP contribution is -2.30. The van der Waals surface area contributed by atoms with E-state index >= 15 is 0 Å². The van der Waals surface area contributed by atoms with Gasteiger partial charge in [-0.1, -0.05) is 12.1 Å². The number of alkyl halides is 2. The van der Waals surface area contributed by atoms with Gasteiger partial charge in [-0.25, -0.2) is 4.98 Å². The number of hydrogen-bond donors (Lipinski definition) is 1. The van der Waals surface area contributed by atoms with Gasteiger partial charge >= 0.3 is 6.61 Å². The molecule has 1 aliphatic heterocycles. The first kappa shape index (κ1) is 14.7. The quantitative estimate of drug-likeness (QED) is 0.926. The molecule has 0 amide bonds. The largest absolute Gasteiger partial charge is 0.434 e. The fraction of sp³-hybridized carbons (Fsp3) is 0.357. The predicted molar refractivity (Wildman–Crippen MR) is 82.3 cm³/mol. The van der Waals surface area contributed by atoms with Gasteiger partial charge in [0.05, 0.1) is 11.7 Å². The first-order valence-corrected chi connectivity index (χ1v) is 8.58. The first-order valence-electron chi connectivity index (χ1n) is 6.55. The van der Waals surface area contributed by atoms with Gasteiger partial charge in [-0.15, -0.1) is 11.3 Å². The summed E-state index contributed by atoms with van der Waals surface area (Å²) in [6.45, 7) is -1.87. The zero-order valence-corrected chi connectivity index (χ0v) is 12.7. The molecular weight excluding hydrogens is 314 g/mol. The normalized spacial score (nSPS) is 18.9. The Kier molecular flexibility index (Phi) is 4.72.